The van der Waals surface area contributed by atoms with Crippen molar-refractivity contribution >= 4 is 22.1 Å². The Morgan fingerprint density at radius 2 is 2.05 bits per heavy atom. The largest absolute Gasteiger partial charge is 0.398 e. The van der Waals surface area contributed by atoms with E-state index in [-0.39, 0.29) is 0 Å². The van der Waals surface area contributed by atoms with Crippen LogP contribution < -0.4 is 11.1 Å². The summed E-state index contributed by atoms with van der Waals surface area (Å²) in [6.07, 6.45) is 4.12. The number of nitrogen functional groups attached to an aromatic ring is 1. The van der Waals surface area contributed by atoms with Crippen LogP contribution in [0.4, 0.5) is 11.4 Å². The Hall–Kier alpha value is -1.81. The van der Waals surface area contributed by atoms with E-state index in [1.807, 2.05) is 19.2 Å². The molecule has 1 unspecified atom stereocenters. The number of nitrogens with zero attached hydrogens (tertiary/aromatic N) is 1. The lowest BCUT2D eigenvalue weighted by molar-refractivity contribution is 0.0622. The Labute approximate surface area is 125 Å². The van der Waals surface area contributed by atoms with Gasteiger partial charge in [-0.2, -0.15) is 0 Å². The van der Waals surface area contributed by atoms with E-state index in [0.29, 0.717) is 12.0 Å². The van der Waals surface area contributed by atoms with Gasteiger partial charge in [-0.3, -0.25) is 4.98 Å². The molecular weight excluding hydrogens is 262 g/mol. The number of aryl methyl sites for hydroxylation is 1. The van der Waals surface area contributed by atoms with Crippen LogP contribution in [-0.4, -0.2) is 24.2 Å². The molecule has 0 bridgehead atoms. The molecule has 112 valence electrons. The highest BCUT2D eigenvalue weighted by atomic mass is 16.5. The van der Waals surface area contributed by atoms with Gasteiger partial charge >= 0.3 is 0 Å². The first-order chi connectivity index (χ1) is 10.1. The van der Waals surface area contributed by atoms with Gasteiger partial charge < -0.3 is 15.8 Å². The number of pyridine rings is 1. The summed E-state index contributed by atoms with van der Waals surface area (Å²) in [7, 11) is 0. The molecule has 1 aliphatic rings. The first kappa shape index (κ1) is 14.1. The van der Waals surface area contributed by atoms with Gasteiger partial charge in [-0.25, -0.2) is 0 Å². The normalized spacial score (nSPS) is 17.8. The summed E-state index contributed by atoms with van der Waals surface area (Å²) in [4.78, 5) is 4.35. The number of hydrogen-bond donors (Lipinski definition) is 2. The molecule has 1 aromatic heterocycles. The van der Waals surface area contributed by atoms with Gasteiger partial charge in [0.2, 0.25) is 0 Å². The summed E-state index contributed by atoms with van der Waals surface area (Å²) in [6, 6.07) is 6.56. The fourth-order valence-corrected chi connectivity index (χ4v) is 3.07. The maximum absolute atomic E-state index is 6.06. The van der Waals surface area contributed by atoms with Gasteiger partial charge in [0.25, 0.3) is 0 Å². The summed E-state index contributed by atoms with van der Waals surface area (Å²) in [6.45, 7) is 6.02. The molecule has 1 fully saturated rings. The number of fused-ring (bicyclic) bond motifs is 1. The third-order valence-electron chi connectivity index (χ3n) is 4.43. The molecule has 2 heterocycles. The van der Waals surface area contributed by atoms with Gasteiger partial charge in [0.1, 0.15) is 0 Å². The van der Waals surface area contributed by atoms with Crippen LogP contribution >= 0.6 is 0 Å². The van der Waals surface area contributed by atoms with Crippen molar-refractivity contribution in [2.45, 2.75) is 32.7 Å². The molecule has 1 aliphatic heterocycles. The molecule has 0 aliphatic carbocycles. The summed E-state index contributed by atoms with van der Waals surface area (Å²) in [5.74, 6) is 0.661. The number of nitrogens with one attached hydrogen (secondary N) is 1. The Bertz CT molecular complexity index is 635. The van der Waals surface area contributed by atoms with Gasteiger partial charge in [0, 0.05) is 53.3 Å². The van der Waals surface area contributed by atoms with E-state index < -0.39 is 0 Å². The summed E-state index contributed by atoms with van der Waals surface area (Å²) < 4.78 is 5.45. The summed E-state index contributed by atoms with van der Waals surface area (Å²) in [5.41, 5.74) is 9.00. The van der Waals surface area contributed by atoms with Crippen molar-refractivity contribution in [3.8, 4) is 0 Å². The predicted octanol–water partition coefficient (Wildman–Crippen LogP) is 3.35. The summed E-state index contributed by atoms with van der Waals surface area (Å²) in [5, 5.41) is 5.84. The molecule has 0 spiro atoms. The average molecular weight is 285 g/mol. The lowest BCUT2D eigenvalue weighted by atomic mass is 9.92. The molecule has 0 saturated carbocycles. The molecule has 1 saturated heterocycles. The Kier molecular flexibility index (Phi) is 3.97. The Morgan fingerprint density at radius 1 is 1.29 bits per heavy atom. The van der Waals surface area contributed by atoms with E-state index in [1.54, 1.807) is 0 Å². The predicted molar refractivity (Wildman–Crippen MR) is 87.5 cm³/mol. The molecule has 1 aromatic carbocycles. The molecule has 21 heavy (non-hydrogen) atoms. The zero-order valence-corrected chi connectivity index (χ0v) is 12.7. The zero-order chi connectivity index (χ0) is 14.8. The second-order valence-electron chi connectivity index (χ2n) is 5.96. The van der Waals surface area contributed by atoms with Crippen molar-refractivity contribution in [2.75, 3.05) is 24.3 Å². The Morgan fingerprint density at radius 3 is 2.81 bits per heavy atom. The molecule has 1 atom stereocenters. The fourth-order valence-electron chi connectivity index (χ4n) is 3.07. The number of hydrogen-bond acceptors (Lipinski definition) is 4. The molecule has 3 rings (SSSR count). The first-order valence-corrected chi connectivity index (χ1v) is 7.64. The highest BCUT2D eigenvalue weighted by molar-refractivity contribution is 6.00. The topological polar surface area (TPSA) is 60.2 Å². The van der Waals surface area contributed by atoms with Crippen molar-refractivity contribution in [2.24, 2.45) is 5.92 Å². The second-order valence-corrected chi connectivity index (χ2v) is 5.96. The minimum absolute atomic E-state index is 0.425. The van der Waals surface area contributed by atoms with Crippen LogP contribution in [0.25, 0.3) is 10.8 Å². The van der Waals surface area contributed by atoms with E-state index in [1.165, 1.54) is 0 Å². The third-order valence-corrected chi connectivity index (χ3v) is 4.43. The molecule has 0 amide bonds. The standard InChI is InChI=1S/C17H23N3O/c1-11-9-14-15(10-19-11)16(18)3-4-17(14)20-12(2)13-5-7-21-8-6-13/h3-4,9-10,12-13,20H,5-8,18H2,1-2H3. The molecular formula is C17H23N3O. The fraction of sp³-hybridized carbons (Fsp3) is 0.471. The lowest BCUT2D eigenvalue weighted by Crippen LogP contribution is -2.31. The van der Waals surface area contributed by atoms with E-state index in [9.17, 15) is 0 Å². The molecule has 3 N–H and O–H groups in total. The number of benzene rings is 1. The molecule has 0 radical (unpaired) electrons. The van der Waals surface area contributed by atoms with Crippen LogP contribution in [0.1, 0.15) is 25.5 Å². The van der Waals surface area contributed by atoms with Gasteiger partial charge in [-0.1, -0.05) is 0 Å². The van der Waals surface area contributed by atoms with Crippen LogP contribution in [0.3, 0.4) is 0 Å². The van der Waals surface area contributed by atoms with Crippen LogP contribution in [0, 0.1) is 12.8 Å². The Balaban J connectivity index is 1.89. The van der Waals surface area contributed by atoms with Gasteiger partial charge in [-0.15, -0.1) is 0 Å². The van der Waals surface area contributed by atoms with Crippen molar-refractivity contribution in [3.05, 3.63) is 30.1 Å². The zero-order valence-electron chi connectivity index (χ0n) is 12.7. The van der Waals surface area contributed by atoms with E-state index in [0.717, 1.165) is 53.9 Å². The van der Waals surface area contributed by atoms with Crippen LogP contribution in [0.15, 0.2) is 24.4 Å². The third kappa shape index (κ3) is 2.95. The van der Waals surface area contributed by atoms with E-state index >= 15 is 0 Å². The molecule has 4 nitrogen and oxygen atoms in total. The van der Waals surface area contributed by atoms with Crippen LogP contribution in [0.2, 0.25) is 0 Å². The average Bonchev–Trinajstić information content (AvgIpc) is 2.51. The SMILES string of the molecule is Cc1cc2c(NC(C)C3CCOCC3)ccc(N)c2cn1. The molecule has 4 heteroatoms. The maximum Gasteiger partial charge on any atom is 0.0469 e. The van der Waals surface area contributed by atoms with Crippen LogP contribution in [0.5, 0.6) is 0 Å². The van der Waals surface area contributed by atoms with Crippen molar-refractivity contribution in [1.29, 1.82) is 0 Å². The number of nitrogens with two attached hydrogens (primary N) is 1. The number of ether oxygens (including phenoxy) is 1. The first-order valence-electron chi connectivity index (χ1n) is 7.64. The van der Waals surface area contributed by atoms with Gasteiger partial charge in [-0.05, 0) is 50.8 Å². The van der Waals surface area contributed by atoms with Crippen molar-refractivity contribution in [1.82, 2.24) is 4.98 Å². The minimum Gasteiger partial charge on any atom is -0.398 e. The number of aromatic nitrogens is 1. The lowest BCUT2D eigenvalue weighted by Gasteiger charge is -2.29. The molecule has 2 aromatic rings. The van der Waals surface area contributed by atoms with E-state index in [4.69, 9.17) is 10.5 Å². The number of anilines is 2. The van der Waals surface area contributed by atoms with Crippen molar-refractivity contribution < 1.29 is 4.74 Å². The number of rotatable bonds is 3. The van der Waals surface area contributed by atoms with E-state index in [2.05, 4.69) is 29.4 Å². The smallest absolute Gasteiger partial charge is 0.0469 e. The van der Waals surface area contributed by atoms with Crippen LogP contribution in [-0.2, 0) is 4.74 Å². The summed E-state index contributed by atoms with van der Waals surface area (Å²) >= 11 is 0. The van der Waals surface area contributed by atoms with Gasteiger partial charge in [0.15, 0.2) is 0 Å². The maximum atomic E-state index is 6.06. The van der Waals surface area contributed by atoms with Gasteiger partial charge in [0.05, 0.1) is 0 Å². The monoisotopic (exact) mass is 285 g/mol. The highest BCUT2D eigenvalue weighted by Gasteiger charge is 2.21. The van der Waals surface area contributed by atoms with Crippen molar-refractivity contribution in [3.63, 3.8) is 0 Å². The second kappa shape index (κ2) is 5.90. The quantitative estimate of drug-likeness (QED) is 0.849. The highest BCUT2D eigenvalue weighted by Crippen LogP contribution is 2.30. The minimum atomic E-state index is 0.425.